The summed E-state index contributed by atoms with van der Waals surface area (Å²) in [7, 11) is 4.54. The SMILES string of the molecule is C/C(=N/OCC(=O)N(C)C(Cc1cn(C)c2ccccc12)C(=O)N1CCOCC1)C(O)C(C)O.CO. The number of nitrogens with zero attached hydrogens (tertiary/aromatic N) is 4. The normalized spacial score (nSPS) is 16.6. The highest BCUT2D eigenvalue weighted by Crippen LogP contribution is 2.23. The third-order valence-electron chi connectivity index (χ3n) is 6.14. The van der Waals surface area contributed by atoms with Crippen molar-refractivity contribution in [3.8, 4) is 0 Å². The van der Waals surface area contributed by atoms with Crippen molar-refractivity contribution in [3.63, 3.8) is 0 Å². The number of hydrogen-bond acceptors (Lipinski definition) is 8. The summed E-state index contributed by atoms with van der Waals surface area (Å²) in [5, 5.41) is 31.0. The molecule has 1 aromatic heterocycles. The van der Waals surface area contributed by atoms with E-state index >= 15 is 0 Å². The van der Waals surface area contributed by atoms with Gasteiger partial charge in [0.2, 0.25) is 5.91 Å². The molecule has 2 aromatic rings. The van der Waals surface area contributed by atoms with Gasteiger partial charge in [0.05, 0.1) is 25.0 Å². The molecule has 1 aliphatic heterocycles. The number of aromatic nitrogens is 1. The zero-order valence-electron chi connectivity index (χ0n) is 21.6. The van der Waals surface area contributed by atoms with E-state index in [9.17, 15) is 19.8 Å². The molecule has 36 heavy (non-hydrogen) atoms. The molecule has 2 heterocycles. The van der Waals surface area contributed by atoms with Gasteiger partial charge in [0.1, 0.15) is 12.1 Å². The fourth-order valence-electron chi connectivity index (χ4n) is 4.05. The first-order valence-corrected chi connectivity index (χ1v) is 11.8. The summed E-state index contributed by atoms with van der Waals surface area (Å²) in [4.78, 5) is 34.7. The van der Waals surface area contributed by atoms with Gasteiger partial charge in [-0.2, -0.15) is 0 Å². The number of para-hydroxylation sites is 1. The van der Waals surface area contributed by atoms with E-state index in [0.29, 0.717) is 32.7 Å². The van der Waals surface area contributed by atoms with E-state index in [-0.39, 0.29) is 11.6 Å². The third kappa shape index (κ3) is 7.26. The Labute approximate surface area is 211 Å². The molecule has 2 amide bonds. The number of oxime groups is 1. The van der Waals surface area contributed by atoms with Gasteiger partial charge in [-0.15, -0.1) is 0 Å². The summed E-state index contributed by atoms with van der Waals surface area (Å²) in [5.74, 6) is -0.564. The van der Waals surface area contributed by atoms with E-state index in [0.717, 1.165) is 23.6 Å². The minimum Gasteiger partial charge on any atom is -0.400 e. The lowest BCUT2D eigenvalue weighted by Gasteiger charge is -2.34. The maximum absolute atomic E-state index is 13.5. The van der Waals surface area contributed by atoms with E-state index in [1.165, 1.54) is 18.7 Å². The number of aliphatic hydroxyl groups is 3. The Morgan fingerprint density at radius 1 is 1.19 bits per heavy atom. The zero-order chi connectivity index (χ0) is 26.8. The monoisotopic (exact) mass is 506 g/mol. The van der Waals surface area contributed by atoms with Crippen LogP contribution in [0.3, 0.4) is 0 Å². The number of morpholine rings is 1. The smallest absolute Gasteiger partial charge is 0.263 e. The number of benzene rings is 1. The molecule has 1 aliphatic rings. The average molecular weight is 507 g/mol. The van der Waals surface area contributed by atoms with Crippen molar-refractivity contribution in [2.24, 2.45) is 12.2 Å². The Bertz CT molecular complexity index is 1030. The van der Waals surface area contributed by atoms with Crippen LogP contribution < -0.4 is 0 Å². The number of rotatable bonds is 9. The number of ether oxygens (including phenoxy) is 1. The van der Waals surface area contributed by atoms with Crippen LogP contribution in [0, 0.1) is 0 Å². The zero-order valence-corrected chi connectivity index (χ0v) is 21.6. The topological polar surface area (TPSA) is 137 Å². The van der Waals surface area contributed by atoms with Crippen molar-refractivity contribution >= 4 is 28.4 Å². The highest BCUT2D eigenvalue weighted by atomic mass is 16.6. The van der Waals surface area contributed by atoms with Crippen LogP contribution in [-0.2, 0) is 32.6 Å². The number of fused-ring (bicyclic) bond motifs is 1. The van der Waals surface area contributed by atoms with E-state index in [2.05, 4.69) is 5.16 Å². The summed E-state index contributed by atoms with van der Waals surface area (Å²) in [6.45, 7) is 4.41. The number of amides is 2. The molecule has 0 spiro atoms. The molecule has 3 unspecified atom stereocenters. The minimum absolute atomic E-state index is 0.142. The fraction of sp³-hybridized carbons (Fsp3) is 0.560. The van der Waals surface area contributed by atoms with Gasteiger partial charge >= 0.3 is 0 Å². The number of aryl methyl sites for hydroxylation is 1. The second-order valence-electron chi connectivity index (χ2n) is 8.64. The molecule has 11 heteroatoms. The van der Waals surface area contributed by atoms with Crippen molar-refractivity contribution in [1.29, 1.82) is 0 Å². The summed E-state index contributed by atoms with van der Waals surface area (Å²) < 4.78 is 7.39. The first-order valence-electron chi connectivity index (χ1n) is 11.8. The number of likely N-dealkylation sites (N-methyl/N-ethyl adjacent to an activating group) is 1. The number of hydrogen-bond donors (Lipinski definition) is 3. The Balaban J connectivity index is 0.00000222. The second-order valence-corrected chi connectivity index (χ2v) is 8.64. The Kier molecular flexibility index (Phi) is 11.3. The maximum atomic E-state index is 13.5. The maximum Gasteiger partial charge on any atom is 0.263 e. The van der Waals surface area contributed by atoms with E-state index in [1.54, 1.807) is 11.9 Å². The molecule has 1 saturated heterocycles. The van der Waals surface area contributed by atoms with Crippen LogP contribution in [0.2, 0.25) is 0 Å². The quantitative estimate of drug-likeness (QED) is 0.325. The Hall–Kier alpha value is -2.99. The van der Waals surface area contributed by atoms with E-state index in [4.69, 9.17) is 14.7 Å². The summed E-state index contributed by atoms with van der Waals surface area (Å²) in [5.41, 5.74) is 2.18. The van der Waals surface area contributed by atoms with Gasteiger partial charge in [0.25, 0.3) is 5.91 Å². The molecule has 0 radical (unpaired) electrons. The van der Waals surface area contributed by atoms with Crippen molar-refractivity contribution in [3.05, 3.63) is 36.0 Å². The molecule has 0 aliphatic carbocycles. The van der Waals surface area contributed by atoms with Gasteiger partial charge in [-0.05, 0) is 25.5 Å². The third-order valence-corrected chi connectivity index (χ3v) is 6.14. The molecule has 3 atom stereocenters. The number of carbonyl (C=O) groups excluding carboxylic acids is 2. The highest BCUT2D eigenvalue weighted by molar-refractivity contribution is 5.90. The van der Waals surface area contributed by atoms with Gasteiger partial charge in [-0.3, -0.25) is 9.59 Å². The van der Waals surface area contributed by atoms with Gasteiger partial charge in [-0.1, -0.05) is 23.4 Å². The van der Waals surface area contributed by atoms with Gasteiger partial charge in [0, 0.05) is 57.8 Å². The van der Waals surface area contributed by atoms with Crippen LogP contribution in [0.1, 0.15) is 19.4 Å². The lowest BCUT2D eigenvalue weighted by molar-refractivity contribution is -0.149. The van der Waals surface area contributed by atoms with Crippen LogP contribution in [-0.4, -0.2) is 113 Å². The molecule has 1 aromatic carbocycles. The summed E-state index contributed by atoms with van der Waals surface area (Å²) >= 11 is 0. The highest BCUT2D eigenvalue weighted by Gasteiger charge is 2.32. The van der Waals surface area contributed by atoms with Crippen LogP contribution in [0.25, 0.3) is 10.9 Å². The summed E-state index contributed by atoms with van der Waals surface area (Å²) in [6.07, 6.45) is 0.143. The van der Waals surface area contributed by atoms with Gasteiger partial charge in [-0.25, -0.2) is 0 Å². The first-order chi connectivity index (χ1) is 17.2. The Morgan fingerprint density at radius 3 is 2.47 bits per heavy atom. The lowest BCUT2D eigenvalue weighted by atomic mass is 10.0. The van der Waals surface area contributed by atoms with Crippen molar-refractivity contribution in [2.45, 2.75) is 38.5 Å². The standard InChI is InChI=1S/C24H34N4O6.CH4O/c1-16(23(31)17(2)29)25-34-15-22(30)27(4)21(24(32)28-9-11-33-12-10-28)13-18-14-26(3)20-8-6-5-7-19(18)20;1-2/h5-8,14,17,21,23,29,31H,9-13,15H2,1-4H3;2H,1H3/b25-16-;. The van der Waals surface area contributed by atoms with E-state index in [1.807, 2.05) is 42.1 Å². The molecular weight excluding hydrogens is 468 g/mol. The Morgan fingerprint density at radius 2 is 1.83 bits per heavy atom. The fourth-order valence-corrected chi connectivity index (χ4v) is 4.05. The molecular formula is C25H38N4O7. The predicted molar refractivity (Wildman–Crippen MR) is 135 cm³/mol. The van der Waals surface area contributed by atoms with Crippen molar-refractivity contribution in [2.75, 3.05) is 47.1 Å². The van der Waals surface area contributed by atoms with Crippen LogP contribution in [0.15, 0.2) is 35.6 Å². The van der Waals surface area contributed by atoms with Crippen LogP contribution in [0.4, 0.5) is 0 Å². The summed E-state index contributed by atoms with van der Waals surface area (Å²) in [6, 6.07) is 7.22. The van der Waals surface area contributed by atoms with Crippen molar-refractivity contribution in [1.82, 2.24) is 14.4 Å². The second kappa shape index (κ2) is 13.9. The predicted octanol–water partition coefficient (Wildman–Crippen LogP) is 0.149. The number of carbonyl (C=O) groups is 2. The van der Waals surface area contributed by atoms with Crippen molar-refractivity contribution < 1.29 is 34.5 Å². The van der Waals surface area contributed by atoms with Gasteiger partial charge < -0.3 is 39.3 Å². The molecule has 3 rings (SSSR count). The molecule has 0 saturated carbocycles. The molecule has 1 fully saturated rings. The number of aliphatic hydroxyl groups excluding tert-OH is 3. The first kappa shape index (κ1) is 29.2. The van der Waals surface area contributed by atoms with Crippen LogP contribution >= 0.6 is 0 Å². The van der Waals surface area contributed by atoms with Gasteiger partial charge in [0.15, 0.2) is 6.61 Å². The average Bonchev–Trinajstić information content (AvgIpc) is 3.22. The largest absolute Gasteiger partial charge is 0.400 e. The van der Waals surface area contributed by atoms with E-state index < -0.39 is 30.8 Å². The molecule has 3 N–H and O–H groups in total. The molecule has 0 bridgehead atoms. The molecule has 200 valence electrons. The minimum atomic E-state index is -1.19. The van der Waals surface area contributed by atoms with Crippen LogP contribution in [0.5, 0.6) is 0 Å². The molecule has 11 nitrogen and oxygen atoms in total. The lowest BCUT2D eigenvalue weighted by Crippen LogP contribution is -2.53.